The van der Waals surface area contributed by atoms with Crippen LogP contribution in [0.25, 0.3) is 0 Å². The van der Waals surface area contributed by atoms with Crippen molar-refractivity contribution in [3.05, 3.63) is 34.5 Å². The van der Waals surface area contributed by atoms with Gasteiger partial charge in [-0.1, -0.05) is 25.9 Å². The Kier molecular flexibility index (Phi) is 5.72. The summed E-state index contributed by atoms with van der Waals surface area (Å²) < 4.78 is 6.26. The van der Waals surface area contributed by atoms with Crippen molar-refractivity contribution in [2.45, 2.75) is 45.6 Å². The van der Waals surface area contributed by atoms with Crippen LogP contribution in [-0.4, -0.2) is 39.0 Å². The standard InChI is InChI=1S/C18H24BrN5O2/c1-18(2,3)17-22-15(26-23-17)11-24-8-4-5-12(10-24)16(25)21-14-7-6-13(19)9-20-14/h6-7,9,12H,4-5,8,10-11H2,1-3H3,(H,20,21,25). The van der Waals surface area contributed by atoms with Gasteiger partial charge in [-0.15, -0.1) is 0 Å². The lowest BCUT2D eigenvalue weighted by molar-refractivity contribution is -0.121. The number of aromatic nitrogens is 3. The Morgan fingerprint density at radius 1 is 1.42 bits per heavy atom. The lowest BCUT2D eigenvalue weighted by Gasteiger charge is -2.30. The van der Waals surface area contributed by atoms with E-state index in [1.807, 2.05) is 6.07 Å². The smallest absolute Gasteiger partial charge is 0.240 e. The van der Waals surface area contributed by atoms with Crippen LogP contribution in [0.15, 0.2) is 27.3 Å². The molecule has 3 heterocycles. The highest BCUT2D eigenvalue weighted by Crippen LogP contribution is 2.22. The average Bonchev–Trinajstić information content (AvgIpc) is 3.06. The predicted molar refractivity (Wildman–Crippen MR) is 102 cm³/mol. The van der Waals surface area contributed by atoms with Gasteiger partial charge in [0.1, 0.15) is 5.82 Å². The lowest BCUT2D eigenvalue weighted by Crippen LogP contribution is -2.40. The molecule has 0 spiro atoms. The van der Waals surface area contributed by atoms with Gasteiger partial charge in [0.2, 0.25) is 11.8 Å². The summed E-state index contributed by atoms with van der Waals surface area (Å²) >= 11 is 3.34. The Labute approximate surface area is 161 Å². The summed E-state index contributed by atoms with van der Waals surface area (Å²) in [4.78, 5) is 23.4. The predicted octanol–water partition coefficient (Wildman–Crippen LogP) is 3.38. The molecule has 1 unspecified atom stereocenters. The van der Waals surface area contributed by atoms with Crippen molar-refractivity contribution in [1.82, 2.24) is 20.0 Å². The number of nitrogens with one attached hydrogen (secondary N) is 1. The second kappa shape index (κ2) is 7.84. The molecule has 1 atom stereocenters. The molecular weight excluding hydrogens is 398 g/mol. The third-order valence-electron chi connectivity index (χ3n) is 4.35. The van der Waals surface area contributed by atoms with Crippen LogP contribution in [0.4, 0.5) is 5.82 Å². The quantitative estimate of drug-likeness (QED) is 0.814. The van der Waals surface area contributed by atoms with Gasteiger partial charge in [0.05, 0.1) is 12.5 Å². The molecule has 1 aliphatic heterocycles. The summed E-state index contributed by atoms with van der Waals surface area (Å²) in [6.45, 7) is 8.34. The van der Waals surface area contributed by atoms with Crippen molar-refractivity contribution in [3.8, 4) is 0 Å². The summed E-state index contributed by atoms with van der Waals surface area (Å²) in [5.41, 5.74) is -0.135. The Balaban J connectivity index is 1.57. The van der Waals surface area contributed by atoms with Gasteiger partial charge in [0, 0.05) is 22.6 Å². The highest BCUT2D eigenvalue weighted by Gasteiger charge is 2.28. The van der Waals surface area contributed by atoms with E-state index in [-0.39, 0.29) is 17.2 Å². The third kappa shape index (κ3) is 4.88. The monoisotopic (exact) mass is 421 g/mol. The van der Waals surface area contributed by atoms with Gasteiger partial charge >= 0.3 is 0 Å². The Morgan fingerprint density at radius 2 is 2.23 bits per heavy atom. The number of hydrogen-bond donors (Lipinski definition) is 1. The van der Waals surface area contributed by atoms with Gasteiger partial charge in [-0.2, -0.15) is 4.98 Å². The molecular formula is C18H24BrN5O2. The zero-order valence-corrected chi connectivity index (χ0v) is 16.9. The van der Waals surface area contributed by atoms with E-state index in [1.54, 1.807) is 12.3 Å². The molecule has 1 amide bonds. The summed E-state index contributed by atoms with van der Waals surface area (Å²) in [6.07, 6.45) is 3.51. The minimum absolute atomic E-state index is 0.00503. The molecule has 8 heteroatoms. The maximum Gasteiger partial charge on any atom is 0.240 e. The molecule has 1 aliphatic rings. The third-order valence-corrected chi connectivity index (χ3v) is 4.82. The number of pyridine rings is 1. The van der Waals surface area contributed by atoms with Crippen LogP contribution in [0.2, 0.25) is 0 Å². The first-order valence-electron chi connectivity index (χ1n) is 8.79. The number of anilines is 1. The van der Waals surface area contributed by atoms with Crippen molar-refractivity contribution in [1.29, 1.82) is 0 Å². The van der Waals surface area contributed by atoms with Crippen molar-refractivity contribution < 1.29 is 9.32 Å². The van der Waals surface area contributed by atoms with E-state index >= 15 is 0 Å². The first kappa shape index (κ1) is 19.0. The Hall–Kier alpha value is -1.80. The molecule has 140 valence electrons. The summed E-state index contributed by atoms with van der Waals surface area (Å²) in [6, 6.07) is 3.65. The number of carbonyl (C=O) groups is 1. The highest BCUT2D eigenvalue weighted by atomic mass is 79.9. The van der Waals surface area contributed by atoms with Crippen LogP contribution in [0.3, 0.4) is 0 Å². The van der Waals surface area contributed by atoms with Crippen LogP contribution in [0, 0.1) is 5.92 Å². The number of nitrogens with zero attached hydrogens (tertiary/aromatic N) is 4. The number of carbonyl (C=O) groups excluding carboxylic acids is 1. The van der Waals surface area contributed by atoms with Crippen LogP contribution < -0.4 is 5.32 Å². The van der Waals surface area contributed by atoms with Crippen LogP contribution >= 0.6 is 15.9 Å². The number of hydrogen-bond acceptors (Lipinski definition) is 6. The van der Waals surface area contributed by atoms with Gasteiger partial charge in [-0.3, -0.25) is 9.69 Å². The molecule has 2 aromatic rings. The van der Waals surface area contributed by atoms with E-state index in [0.29, 0.717) is 30.6 Å². The Morgan fingerprint density at radius 3 is 2.88 bits per heavy atom. The molecule has 26 heavy (non-hydrogen) atoms. The molecule has 1 N–H and O–H groups in total. The molecule has 2 aromatic heterocycles. The first-order chi connectivity index (χ1) is 12.3. The maximum absolute atomic E-state index is 12.5. The summed E-state index contributed by atoms with van der Waals surface area (Å²) in [5.74, 6) is 1.82. The number of amides is 1. The largest absolute Gasteiger partial charge is 0.338 e. The zero-order chi connectivity index (χ0) is 18.7. The van der Waals surface area contributed by atoms with Gasteiger partial charge in [0.15, 0.2) is 5.82 Å². The second-order valence-electron chi connectivity index (χ2n) is 7.69. The van der Waals surface area contributed by atoms with Gasteiger partial charge in [-0.25, -0.2) is 4.98 Å². The summed E-state index contributed by atoms with van der Waals surface area (Å²) in [7, 11) is 0. The molecule has 0 aromatic carbocycles. The fourth-order valence-electron chi connectivity index (χ4n) is 2.91. The number of piperidine rings is 1. The molecule has 0 bridgehead atoms. The van der Waals surface area contributed by atoms with E-state index in [2.05, 4.69) is 62.0 Å². The van der Waals surface area contributed by atoms with E-state index in [0.717, 1.165) is 23.9 Å². The molecule has 0 saturated carbocycles. The van der Waals surface area contributed by atoms with E-state index in [9.17, 15) is 4.79 Å². The molecule has 0 aliphatic carbocycles. The van der Waals surface area contributed by atoms with Crippen LogP contribution in [0.1, 0.15) is 45.3 Å². The minimum Gasteiger partial charge on any atom is -0.338 e. The number of likely N-dealkylation sites (tertiary alicyclic amines) is 1. The van der Waals surface area contributed by atoms with Gasteiger partial charge < -0.3 is 9.84 Å². The normalized spacial score (nSPS) is 18.7. The topological polar surface area (TPSA) is 84.2 Å². The molecule has 7 nitrogen and oxygen atoms in total. The fourth-order valence-corrected chi connectivity index (χ4v) is 3.14. The van der Waals surface area contributed by atoms with Crippen molar-refractivity contribution in [3.63, 3.8) is 0 Å². The van der Waals surface area contributed by atoms with E-state index in [1.165, 1.54) is 0 Å². The Bertz CT molecular complexity index is 754. The molecule has 1 fully saturated rings. The van der Waals surface area contributed by atoms with Gasteiger partial charge in [0.25, 0.3) is 0 Å². The lowest BCUT2D eigenvalue weighted by atomic mass is 9.96. The van der Waals surface area contributed by atoms with Gasteiger partial charge in [-0.05, 0) is 47.4 Å². The van der Waals surface area contributed by atoms with Crippen LogP contribution in [0.5, 0.6) is 0 Å². The van der Waals surface area contributed by atoms with Crippen molar-refractivity contribution >= 4 is 27.7 Å². The van der Waals surface area contributed by atoms with Crippen molar-refractivity contribution in [2.75, 3.05) is 18.4 Å². The molecule has 1 saturated heterocycles. The first-order valence-corrected chi connectivity index (χ1v) is 9.58. The fraction of sp³-hybridized carbons (Fsp3) is 0.556. The van der Waals surface area contributed by atoms with E-state index in [4.69, 9.17) is 4.52 Å². The van der Waals surface area contributed by atoms with Crippen LogP contribution in [-0.2, 0) is 16.8 Å². The minimum atomic E-state index is -0.135. The zero-order valence-electron chi connectivity index (χ0n) is 15.3. The number of rotatable bonds is 4. The van der Waals surface area contributed by atoms with Crippen molar-refractivity contribution in [2.24, 2.45) is 5.92 Å². The van der Waals surface area contributed by atoms with E-state index < -0.39 is 0 Å². The molecule has 3 rings (SSSR count). The summed E-state index contributed by atoms with van der Waals surface area (Å²) in [5, 5.41) is 6.96. The number of halogens is 1. The molecule has 0 radical (unpaired) electrons. The maximum atomic E-state index is 12.5. The highest BCUT2D eigenvalue weighted by molar-refractivity contribution is 9.10. The SMILES string of the molecule is CC(C)(C)c1noc(CN2CCCC(C(=O)Nc3ccc(Br)cn3)C2)n1. The second-order valence-corrected chi connectivity index (χ2v) is 8.60. The average molecular weight is 422 g/mol.